The molecule has 94 valence electrons. The minimum absolute atomic E-state index is 0.392. The highest BCUT2D eigenvalue weighted by Crippen LogP contribution is 2.18. The Morgan fingerprint density at radius 2 is 2.00 bits per heavy atom. The minimum Gasteiger partial charge on any atom is -0.354 e. The zero-order valence-corrected chi connectivity index (χ0v) is 11.0. The van der Waals surface area contributed by atoms with Gasteiger partial charge in [-0.3, -0.25) is 0 Å². The summed E-state index contributed by atoms with van der Waals surface area (Å²) in [7, 11) is 0. The topological polar surface area (TPSA) is 41.0 Å². The van der Waals surface area contributed by atoms with Crippen LogP contribution in [0.4, 0.5) is 5.82 Å². The number of hydrogen-bond donors (Lipinski definition) is 1. The van der Waals surface area contributed by atoms with Crippen LogP contribution in [0.2, 0.25) is 0 Å². The molecule has 17 heavy (non-hydrogen) atoms. The number of aryl methyl sites for hydroxylation is 1. The molecule has 1 saturated heterocycles. The molecule has 1 N–H and O–H groups in total. The number of piperazine rings is 1. The average Bonchev–Trinajstić information content (AvgIpc) is 2.39. The maximum Gasteiger partial charge on any atom is 0.133 e. The van der Waals surface area contributed by atoms with Gasteiger partial charge in [-0.25, -0.2) is 9.97 Å². The van der Waals surface area contributed by atoms with E-state index in [0.717, 1.165) is 49.9 Å². The van der Waals surface area contributed by atoms with Gasteiger partial charge in [0.2, 0.25) is 0 Å². The van der Waals surface area contributed by atoms with Gasteiger partial charge in [0.05, 0.1) is 0 Å². The summed E-state index contributed by atoms with van der Waals surface area (Å²) in [6, 6.07) is 2.14. The maximum absolute atomic E-state index is 4.69. The van der Waals surface area contributed by atoms with Gasteiger partial charge in [0.25, 0.3) is 0 Å². The van der Waals surface area contributed by atoms with E-state index in [0.29, 0.717) is 5.92 Å². The normalized spacial score (nSPS) is 16.6. The van der Waals surface area contributed by atoms with Gasteiger partial charge in [-0.05, 0) is 6.42 Å². The lowest BCUT2D eigenvalue weighted by molar-refractivity contribution is 0.581. The lowest BCUT2D eigenvalue weighted by Crippen LogP contribution is -2.44. The molecule has 2 heterocycles. The fourth-order valence-corrected chi connectivity index (χ4v) is 2.00. The lowest BCUT2D eigenvalue weighted by Gasteiger charge is -2.29. The predicted octanol–water partition coefficient (Wildman–Crippen LogP) is 1.57. The number of anilines is 1. The first-order valence-corrected chi connectivity index (χ1v) is 6.54. The van der Waals surface area contributed by atoms with Crippen molar-refractivity contribution in [3.8, 4) is 0 Å². The van der Waals surface area contributed by atoms with E-state index in [1.807, 2.05) is 0 Å². The number of hydrogen-bond acceptors (Lipinski definition) is 4. The Morgan fingerprint density at radius 3 is 2.59 bits per heavy atom. The summed E-state index contributed by atoms with van der Waals surface area (Å²) in [5.74, 6) is 2.46. The van der Waals surface area contributed by atoms with Crippen LogP contribution in [-0.2, 0) is 6.42 Å². The lowest BCUT2D eigenvalue weighted by atomic mass is 10.2. The molecule has 1 aliphatic heterocycles. The second kappa shape index (κ2) is 5.45. The van der Waals surface area contributed by atoms with Gasteiger partial charge < -0.3 is 10.2 Å². The molecule has 0 bridgehead atoms. The molecule has 1 aliphatic rings. The molecule has 0 amide bonds. The Hall–Kier alpha value is -1.16. The van der Waals surface area contributed by atoms with Crippen molar-refractivity contribution in [2.45, 2.75) is 33.1 Å². The smallest absolute Gasteiger partial charge is 0.133 e. The number of rotatable bonds is 3. The Balaban J connectivity index is 2.28. The van der Waals surface area contributed by atoms with Crippen LogP contribution in [0.5, 0.6) is 0 Å². The maximum atomic E-state index is 4.69. The fraction of sp³-hybridized carbons (Fsp3) is 0.692. The van der Waals surface area contributed by atoms with Crippen molar-refractivity contribution in [2.24, 2.45) is 0 Å². The molecule has 0 aromatic carbocycles. The number of aromatic nitrogens is 2. The van der Waals surface area contributed by atoms with Crippen LogP contribution in [-0.4, -0.2) is 36.1 Å². The predicted molar refractivity (Wildman–Crippen MR) is 70.6 cm³/mol. The quantitative estimate of drug-likeness (QED) is 0.862. The van der Waals surface area contributed by atoms with Crippen LogP contribution in [0.25, 0.3) is 0 Å². The van der Waals surface area contributed by atoms with E-state index in [9.17, 15) is 0 Å². The molecule has 0 aliphatic carbocycles. The van der Waals surface area contributed by atoms with E-state index in [1.165, 1.54) is 0 Å². The van der Waals surface area contributed by atoms with Gasteiger partial charge in [-0.2, -0.15) is 0 Å². The van der Waals surface area contributed by atoms with Gasteiger partial charge >= 0.3 is 0 Å². The average molecular weight is 234 g/mol. The summed E-state index contributed by atoms with van der Waals surface area (Å²) in [5, 5.41) is 3.37. The zero-order chi connectivity index (χ0) is 12.3. The van der Waals surface area contributed by atoms with Crippen molar-refractivity contribution < 1.29 is 0 Å². The third-order valence-corrected chi connectivity index (χ3v) is 3.10. The van der Waals surface area contributed by atoms with Crippen LogP contribution in [0.1, 0.15) is 38.2 Å². The van der Waals surface area contributed by atoms with Gasteiger partial charge in [-0.15, -0.1) is 0 Å². The molecule has 0 saturated carbocycles. The van der Waals surface area contributed by atoms with Crippen molar-refractivity contribution in [1.29, 1.82) is 0 Å². The Bertz CT molecular complexity index is 370. The van der Waals surface area contributed by atoms with E-state index in [1.54, 1.807) is 0 Å². The Morgan fingerprint density at radius 1 is 1.29 bits per heavy atom. The molecular weight excluding hydrogens is 212 g/mol. The summed E-state index contributed by atoms with van der Waals surface area (Å²) < 4.78 is 0. The largest absolute Gasteiger partial charge is 0.354 e. The first-order chi connectivity index (χ1) is 8.20. The molecular formula is C13H22N4. The molecule has 0 radical (unpaired) electrons. The van der Waals surface area contributed by atoms with Gasteiger partial charge in [0.1, 0.15) is 11.6 Å². The fourth-order valence-electron chi connectivity index (χ4n) is 2.00. The third-order valence-electron chi connectivity index (χ3n) is 3.10. The molecule has 2 rings (SSSR count). The van der Waals surface area contributed by atoms with E-state index >= 15 is 0 Å². The standard InChI is InChI=1S/C13H22N4/c1-4-11-9-12(16-13(15-11)10(2)3)17-7-5-14-6-8-17/h9-10,14H,4-8H2,1-3H3. The Labute approximate surface area is 103 Å². The van der Waals surface area contributed by atoms with Crippen LogP contribution in [0.15, 0.2) is 6.07 Å². The molecule has 0 atom stereocenters. The highest BCUT2D eigenvalue weighted by Gasteiger charge is 2.14. The van der Waals surface area contributed by atoms with Crippen LogP contribution in [0, 0.1) is 0 Å². The minimum atomic E-state index is 0.392. The van der Waals surface area contributed by atoms with Gasteiger partial charge in [-0.1, -0.05) is 20.8 Å². The van der Waals surface area contributed by atoms with E-state index in [4.69, 9.17) is 4.98 Å². The molecule has 0 spiro atoms. The van der Waals surface area contributed by atoms with Gasteiger partial charge in [0, 0.05) is 43.9 Å². The van der Waals surface area contributed by atoms with E-state index < -0.39 is 0 Å². The van der Waals surface area contributed by atoms with Crippen LogP contribution >= 0.6 is 0 Å². The van der Waals surface area contributed by atoms with Gasteiger partial charge in [0.15, 0.2) is 0 Å². The van der Waals surface area contributed by atoms with Crippen LogP contribution < -0.4 is 10.2 Å². The summed E-state index contributed by atoms with van der Waals surface area (Å²) in [4.78, 5) is 11.6. The van der Waals surface area contributed by atoms with Crippen molar-refractivity contribution in [3.05, 3.63) is 17.6 Å². The summed E-state index contributed by atoms with van der Waals surface area (Å²) in [6.07, 6.45) is 0.974. The number of nitrogens with zero attached hydrogens (tertiary/aromatic N) is 3. The summed E-state index contributed by atoms with van der Waals surface area (Å²) >= 11 is 0. The molecule has 0 unspecified atom stereocenters. The highest BCUT2D eigenvalue weighted by atomic mass is 15.2. The van der Waals surface area contributed by atoms with E-state index in [-0.39, 0.29) is 0 Å². The first kappa shape index (κ1) is 12.3. The molecule has 4 nitrogen and oxygen atoms in total. The van der Waals surface area contributed by atoms with Crippen molar-refractivity contribution in [1.82, 2.24) is 15.3 Å². The molecule has 1 aromatic rings. The van der Waals surface area contributed by atoms with Crippen LogP contribution in [0.3, 0.4) is 0 Å². The van der Waals surface area contributed by atoms with E-state index in [2.05, 4.69) is 42.0 Å². The second-order valence-electron chi connectivity index (χ2n) is 4.82. The molecule has 1 fully saturated rings. The molecule has 4 heteroatoms. The monoisotopic (exact) mass is 234 g/mol. The number of nitrogens with one attached hydrogen (secondary N) is 1. The SMILES string of the molecule is CCc1cc(N2CCNCC2)nc(C(C)C)n1. The third kappa shape index (κ3) is 2.94. The highest BCUT2D eigenvalue weighted by molar-refractivity contribution is 5.40. The Kier molecular flexibility index (Phi) is 3.94. The zero-order valence-electron chi connectivity index (χ0n) is 11.0. The first-order valence-electron chi connectivity index (χ1n) is 6.54. The van der Waals surface area contributed by atoms with Crippen molar-refractivity contribution in [3.63, 3.8) is 0 Å². The molecule has 1 aromatic heterocycles. The van der Waals surface area contributed by atoms with Crippen molar-refractivity contribution in [2.75, 3.05) is 31.1 Å². The second-order valence-corrected chi connectivity index (χ2v) is 4.82. The summed E-state index contributed by atoms with van der Waals surface area (Å²) in [6.45, 7) is 10.6. The summed E-state index contributed by atoms with van der Waals surface area (Å²) in [5.41, 5.74) is 1.15. The van der Waals surface area contributed by atoms with Crippen molar-refractivity contribution >= 4 is 5.82 Å².